The van der Waals surface area contributed by atoms with E-state index in [1.807, 2.05) is 0 Å². The molecule has 2 unspecified atom stereocenters. The molecule has 63 heavy (non-hydrogen) atoms. The standard InChI is InChI=1S/2C29H27.C2H4.2ClH.Zr/c2*1-17(2)22-15-26-19(4)18(3)20(5)29(28(26)16-22)27-14-21-10-6-7-11-23(21)24-12-8-9-13-25(24)27;1-2;;;/h2*6-17H,1-5H3;1-2H2;2*1H;/q;;;;;+2/p-2. The quantitative estimate of drug-likeness (QED) is 0.146. The second-order valence-electron chi connectivity index (χ2n) is 19.7. The molecule has 0 radical (unpaired) electrons. The molecule has 2 atom stereocenters. The molecular weight excluding hydrogens is 883 g/mol. The van der Waals surface area contributed by atoms with Gasteiger partial charge < -0.3 is 24.8 Å². The van der Waals surface area contributed by atoms with Crippen LogP contribution in [0.3, 0.4) is 0 Å². The fraction of sp³-hybridized carbons (Fsp3) is 0.267. The number of halogens is 2. The Morgan fingerprint density at radius 3 is 1.10 bits per heavy atom. The molecule has 1 saturated heterocycles. The van der Waals surface area contributed by atoms with E-state index >= 15 is 0 Å². The normalized spacial score (nSPS) is 16.8. The summed E-state index contributed by atoms with van der Waals surface area (Å²) >= 11 is -3.17. The first-order chi connectivity index (χ1) is 29.4. The van der Waals surface area contributed by atoms with Gasteiger partial charge in [0.1, 0.15) is 0 Å². The first-order valence-electron chi connectivity index (χ1n) is 22.9. The molecule has 1 aliphatic heterocycles. The smallest absolute Gasteiger partial charge is 1.00 e. The van der Waals surface area contributed by atoms with Gasteiger partial charge in [-0.2, -0.15) is 0 Å². The second kappa shape index (κ2) is 16.0. The van der Waals surface area contributed by atoms with Gasteiger partial charge in [-0.25, -0.2) is 0 Å². The van der Waals surface area contributed by atoms with Crippen LogP contribution in [0.15, 0.2) is 120 Å². The van der Waals surface area contributed by atoms with E-state index in [2.05, 4.69) is 191 Å². The minimum absolute atomic E-state index is 0. The number of allylic oxidation sites excluding steroid dienone is 2. The predicted molar refractivity (Wildman–Crippen MR) is 263 cm³/mol. The first-order valence-corrected chi connectivity index (χ1v) is 29.3. The molecule has 8 aromatic rings. The van der Waals surface area contributed by atoms with E-state index in [4.69, 9.17) is 0 Å². The minimum Gasteiger partial charge on any atom is -1.00 e. The summed E-state index contributed by atoms with van der Waals surface area (Å²) in [5.41, 5.74) is 24.6. The van der Waals surface area contributed by atoms with Crippen LogP contribution in [0.5, 0.6) is 0 Å². The molecule has 0 saturated carbocycles. The van der Waals surface area contributed by atoms with Crippen LogP contribution in [0.4, 0.5) is 0 Å². The average molecular weight is 941 g/mol. The van der Waals surface area contributed by atoms with Crippen LogP contribution in [0, 0.1) is 53.4 Å². The molecule has 0 bridgehead atoms. The van der Waals surface area contributed by atoms with Crippen molar-refractivity contribution in [1.29, 1.82) is 0 Å². The van der Waals surface area contributed by atoms with Crippen LogP contribution in [0.1, 0.15) is 90.6 Å². The summed E-state index contributed by atoms with van der Waals surface area (Å²) in [7, 11) is 0. The zero-order valence-corrected chi connectivity index (χ0v) is 42.5. The van der Waals surface area contributed by atoms with Crippen molar-refractivity contribution < 1.29 is 45.1 Å². The van der Waals surface area contributed by atoms with Crippen molar-refractivity contribution >= 4 is 55.2 Å². The largest absolute Gasteiger partial charge is 1.00 e. The van der Waals surface area contributed by atoms with E-state index in [1.54, 1.807) is 33.4 Å². The molecule has 8 aromatic carbocycles. The average Bonchev–Trinajstić information content (AvgIpc) is 3.79. The van der Waals surface area contributed by atoms with E-state index in [1.165, 1.54) is 107 Å². The van der Waals surface area contributed by atoms with Gasteiger partial charge in [-0.15, -0.1) is 0 Å². The number of fused-ring (bicyclic) bond motifs is 8. The van der Waals surface area contributed by atoms with Gasteiger partial charge in [0.05, 0.1) is 0 Å². The van der Waals surface area contributed by atoms with Gasteiger partial charge in [-0.05, 0) is 0 Å². The summed E-state index contributed by atoms with van der Waals surface area (Å²) < 4.78 is 4.05. The van der Waals surface area contributed by atoms with Crippen LogP contribution in [0.25, 0.3) is 77.5 Å². The molecule has 316 valence electrons. The third kappa shape index (κ3) is 6.30. The van der Waals surface area contributed by atoms with Crippen molar-refractivity contribution in [1.82, 2.24) is 0 Å². The molecule has 11 rings (SSSR count). The van der Waals surface area contributed by atoms with E-state index in [9.17, 15) is 0 Å². The Balaban J connectivity index is 0.00000252. The molecule has 0 spiro atoms. The fourth-order valence-electron chi connectivity index (χ4n) is 12.6. The first kappa shape index (κ1) is 44.0. The van der Waals surface area contributed by atoms with Gasteiger partial charge in [-0.1, -0.05) is 0 Å². The number of hydrogen-bond acceptors (Lipinski definition) is 0. The van der Waals surface area contributed by atoms with E-state index in [0.717, 1.165) is 0 Å². The van der Waals surface area contributed by atoms with Crippen molar-refractivity contribution in [2.45, 2.75) is 84.7 Å². The molecule has 2 aliphatic carbocycles. The van der Waals surface area contributed by atoms with Gasteiger partial charge in [0.25, 0.3) is 0 Å². The number of rotatable bonds is 6. The molecule has 0 aromatic heterocycles. The van der Waals surface area contributed by atoms with Crippen molar-refractivity contribution in [3.05, 3.63) is 176 Å². The van der Waals surface area contributed by atoms with E-state index < -0.39 is 20.3 Å². The second-order valence-corrected chi connectivity index (χ2v) is 31.1. The molecule has 3 aliphatic rings. The maximum absolute atomic E-state index is 3.17. The molecule has 0 amide bonds. The van der Waals surface area contributed by atoms with Gasteiger partial charge in [0.2, 0.25) is 0 Å². The van der Waals surface area contributed by atoms with Crippen LogP contribution in [0.2, 0.25) is 8.26 Å². The Morgan fingerprint density at radius 1 is 0.413 bits per heavy atom. The van der Waals surface area contributed by atoms with Gasteiger partial charge in [0.15, 0.2) is 0 Å². The Kier molecular flexibility index (Phi) is 11.2. The van der Waals surface area contributed by atoms with Crippen LogP contribution in [-0.4, -0.2) is 0 Å². The summed E-state index contributed by atoms with van der Waals surface area (Å²) in [6.45, 7) is 24.6. The van der Waals surface area contributed by atoms with E-state index in [0.29, 0.717) is 19.1 Å². The van der Waals surface area contributed by atoms with Crippen molar-refractivity contribution in [2.75, 3.05) is 0 Å². The molecule has 1 heterocycles. The molecule has 0 nitrogen and oxygen atoms in total. The minimum atomic E-state index is -3.17. The summed E-state index contributed by atoms with van der Waals surface area (Å²) in [5, 5.41) is 10.8. The summed E-state index contributed by atoms with van der Waals surface area (Å²) in [4.78, 5) is 0. The summed E-state index contributed by atoms with van der Waals surface area (Å²) in [6.07, 6.45) is 5.49. The zero-order chi connectivity index (χ0) is 42.2. The Labute approximate surface area is 392 Å². The Hall–Kier alpha value is -4.26. The van der Waals surface area contributed by atoms with Crippen LogP contribution >= 0.6 is 0 Å². The van der Waals surface area contributed by atoms with Gasteiger partial charge in [0, 0.05) is 0 Å². The third-order valence-corrected chi connectivity index (χ3v) is 29.0. The maximum atomic E-state index is 2.74. The predicted octanol–water partition coefficient (Wildman–Crippen LogP) is 11.4. The number of benzene rings is 8. The van der Waals surface area contributed by atoms with Gasteiger partial charge in [-0.3, -0.25) is 0 Å². The monoisotopic (exact) mass is 938 g/mol. The fourth-order valence-corrected chi connectivity index (χ4v) is 31.2. The maximum Gasteiger partial charge on any atom is -1.00 e. The van der Waals surface area contributed by atoms with Gasteiger partial charge >= 0.3 is 370 Å². The van der Waals surface area contributed by atoms with Crippen LogP contribution < -0.4 is 24.8 Å². The SMILES string of the molecule is Cc1c(C)c(-c2cc3ccccc3c3ccccc23)c2c(c1C)[CH]([Zr+2]1([CH]3C(C(C)C)=Cc4c(-c5cc6ccccc6c6ccccc56)c(C)c(C)c(C)c43)[CH2][CH2]1)C(C(C)C)=C2.[Cl-].[Cl-]. The molecule has 3 heteroatoms. The topological polar surface area (TPSA) is 0 Å². The summed E-state index contributed by atoms with van der Waals surface area (Å²) in [6, 6.07) is 41.4. The van der Waals surface area contributed by atoms with Crippen molar-refractivity contribution in [3.63, 3.8) is 0 Å². The van der Waals surface area contributed by atoms with Crippen molar-refractivity contribution in [3.8, 4) is 22.3 Å². The molecule has 1 fully saturated rings. The Morgan fingerprint density at radius 2 is 0.746 bits per heavy atom. The molecular formula is C60H58Cl2Zr. The van der Waals surface area contributed by atoms with E-state index in [-0.39, 0.29) is 24.8 Å². The number of hydrogen-bond donors (Lipinski definition) is 0. The Bertz CT molecular complexity index is 3070. The summed E-state index contributed by atoms with van der Waals surface area (Å²) in [5.74, 6) is 0.973. The third-order valence-electron chi connectivity index (χ3n) is 16.2. The van der Waals surface area contributed by atoms with Crippen molar-refractivity contribution in [2.24, 2.45) is 11.8 Å². The van der Waals surface area contributed by atoms with Crippen LogP contribution in [-0.2, 0) is 20.3 Å². The zero-order valence-electron chi connectivity index (χ0n) is 38.5. The molecule has 0 N–H and O–H groups in total.